The van der Waals surface area contributed by atoms with Crippen LogP contribution >= 0.6 is 11.8 Å². The molecule has 5 heteroatoms. The Balaban J connectivity index is 2.09. The fraction of sp³-hybridized carbons (Fsp3) is 0.100. The second-order valence-corrected chi connectivity index (χ2v) is 4.12. The van der Waals surface area contributed by atoms with Crippen molar-refractivity contribution in [1.82, 2.24) is 14.8 Å². The van der Waals surface area contributed by atoms with Crippen LogP contribution in [0.25, 0.3) is 11.4 Å². The second-order valence-electron chi connectivity index (χ2n) is 3.18. The van der Waals surface area contributed by atoms with Gasteiger partial charge < -0.3 is 0 Å². The van der Waals surface area contributed by atoms with E-state index in [1.807, 2.05) is 30.3 Å². The van der Waals surface area contributed by atoms with Crippen molar-refractivity contribution in [1.29, 1.82) is 0 Å². The van der Waals surface area contributed by atoms with Gasteiger partial charge in [-0.05, 0) is 0 Å². The molecule has 0 bridgehead atoms. The van der Waals surface area contributed by atoms with E-state index in [4.69, 9.17) is 0 Å². The van der Waals surface area contributed by atoms with Crippen LogP contribution in [0.4, 0.5) is 0 Å². The molecule has 0 aliphatic carbocycles. The molecule has 0 unspecified atom stereocenters. The van der Waals surface area contributed by atoms with Crippen LogP contribution in [0.1, 0.15) is 4.79 Å². The van der Waals surface area contributed by atoms with Crippen LogP contribution in [0.3, 0.4) is 0 Å². The molecule has 0 fully saturated rings. The van der Waals surface area contributed by atoms with E-state index < -0.39 is 0 Å². The van der Waals surface area contributed by atoms with Crippen LogP contribution in [0.15, 0.2) is 35.5 Å². The lowest BCUT2D eigenvalue weighted by atomic mass is 10.2. The molecule has 0 spiro atoms. The summed E-state index contributed by atoms with van der Waals surface area (Å²) in [7, 11) is 0. The highest BCUT2D eigenvalue weighted by Gasteiger charge is 2.24. The molecule has 4 nitrogen and oxygen atoms in total. The van der Waals surface area contributed by atoms with Gasteiger partial charge in [-0.15, -0.1) is 5.10 Å². The normalized spacial score (nSPS) is 14.3. The van der Waals surface area contributed by atoms with E-state index in [1.54, 1.807) is 0 Å². The molecule has 1 aromatic heterocycles. The van der Waals surface area contributed by atoms with Gasteiger partial charge in [0.05, 0.1) is 5.75 Å². The standard InChI is InChI=1S/C10H7N3OS/c14-8-6-15-10-11-9(12-13(8)10)7-4-2-1-3-5-7/h1-5H,6H2. The molecule has 0 saturated carbocycles. The van der Waals surface area contributed by atoms with Crippen molar-refractivity contribution in [3.8, 4) is 11.4 Å². The first-order valence-electron chi connectivity index (χ1n) is 4.53. The number of hydrogen-bond acceptors (Lipinski definition) is 4. The minimum absolute atomic E-state index is 0.00433. The van der Waals surface area contributed by atoms with E-state index in [-0.39, 0.29) is 5.91 Å². The summed E-state index contributed by atoms with van der Waals surface area (Å²) < 4.78 is 1.38. The van der Waals surface area contributed by atoms with Gasteiger partial charge in [-0.1, -0.05) is 42.1 Å². The van der Waals surface area contributed by atoms with Crippen LogP contribution < -0.4 is 0 Å². The zero-order valence-corrected chi connectivity index (χ0v) is 8.57. The van der Waals surface area contributed by atoms with Gasteiger partial charge in [0.1, 0.15) is 0 Å². The molecule has 1 aliphatic heterocycles. The fourth-order valence-corrected chi connectivity index (χ4v) is 2.24. The molecule has 15 heavy (non-hydrogen) atoms. The predicted molar refractivity (Wildman–Crippen MR) is 56.8 cm³/mol. The van der Waals surface area contributed by atoms with Crippen molar-refractivity contribution in [3.63, 3.8) is 0 Å². The topological polar surface area (TPSA) is 47.8 Å². The summed E-state index contributed by atoms with van der Waals surface area (Å²) in [6.45, 7) is 0. The van der Waals surface area contributed by atoms with Gasteiger partial charge in [-0.25, -0.2) is 4.98 Å². The minimum Gasteiger partial charge on any atom is -0.271 e. The van der Waals surface area contributed by atoms with Crippen LogP contribution in [0.5, 0.6) is 0 Å². The fourth-order valence-electron chi connectivity index (χ4n) is 1.45. The van der Waals surface area contributed by atoms with Crippen molar-refractivity contribution in [3.05, 3.63) is 30.3 Å². The van der Waals surface area contributed by atoms with Gasteiger partial charge in [-0.3, -0.25) is 4.79 Å². The molecule has 1 aromatic carbocycles. The number of carbonyl (C=O) groups excluding carboxylic acids is 1. The number of thioether (sulfide) groups is 1. The molecule has 74 valence electrons. The molecule has 2 aromatic rings. The number of fused-ring (bicyclic) bond motifs is 1. The van der Waals surface area contributed by atoms with Gasteiger partial charge in [0.25, 0.3) is 5.91 Å². The third kappa shape index (κ3) is 1.35. The van der Waals surface area contributed by atoms with Gasteiger partial charge in [0.2, 0.25) is 0 Å². The average Bonchev–Trinajstić information content (AvgIpc) is 2.83. The van der Waals surface area contributed by atoms with Gasteiger partial charge >= 0.3 is 0 Å². The summed E-state index contributed by atoms with van der Waals surface area (Å²) in [4.78, 5) is 15.7. The first kappa shape index (κ1) is 8.67. The Bertz CT molecular complexity index is 521. The zero-order valence-electron chi connectivity index (χ0n) is 7.75. The van der Waals surface area contributed by atoms with Gasteiger partial charge in [-0.2, -0.15) is 4.68 Å². The summed E-state index contributed by atoms with van der Waals surface area (Å²) in [6.07, 6.45) is 0. The summed E-state index contributed by atoms with van der Waals surface area (Å²) >= 11 is 1.43. The van der Waals surface area contributed by atoms with E-state index in [9.17, 15) is 4.79 Å². The van der Waals surface area contributed by atoms with E-state index >= 15 is 0 Å². The second kappa shape index (κ2) is 3.20. The lowest BCUT2D eigenvalue weighted by Gasteiger charge is -1.92. The van der Waals surface area contributed by atoms with Crippen molar-refractivity contribution in [2.45, 2.75) is 5.16 Å². The van der Waals surface area contributed by atoms with Crippen molar-refractivity contribution in [2.24, 2.45) is 0 Å². The third-order valence-electron chi connectivity index (χ3n) is 2.17. The Hall–Kier alpha value is -1.62. The Morgan fingerprint density at radius 1 is 1.27 bits per heavy atom. The van der Waals surface area contributed by atoms with Gasteiger partial charge in [0, 0.05) is 5.56 Å². The summed E-state index contributed by atoms with van der Waals surface area (Å²) in [5.74, 6) is 1.07. The number of carbonyl (C=O) groups is 1. The molecule has 2 heterocycles. The van der Waals surface area contributed by atoms with E-state index in [0.29, 0.717) is 16.7 Å². The van der Waals surface area contributed by atoms with Crippen LogP contribution in [-0.4, -0.2) is 26.4 Å². The zero-order chi connectivity index (χ0) is 10.3. The molecule has 3 rings (SSSR count). The monoisotopic (exact) mass is 217 g/mol. The third-order valence-corrected chi connectivity index (χ3v) is 3.08. The van der Waals surface area contributed by atoms with Crippen LogP contribution in [0, 0.1) is 0 Å². The lowest BCUT2D eigenvalue weighted by molar-refractivity contribution is 0.0923. The molecule has 0 atom stereocenters. The first-order valence-corrected chi connectivity index (χ1v) is 5.51. The highest BCUT2D eigenvalue weighted by atomic mass is 32.2. The van der Waals surface area contributed by atoms with E-state index in [0.717, 1.165) is 5.56 Å². The highest BCUT2D eigenvalue weighted by molar-refractivity contribution is 8.00. The van der Waals surface area contributed by atoms with Crippen molar-refractivity contribution in [2.75, 3.05) is 5.75 Å². The van der Waals surface area contributed by atoms with Gasteiger partial charge in [0.15, 0.2) is 11.0 Å². The highest BCUT2D eigenvalue weighted by Crippen LogP contribution is 2.26. The number of nitrogens with zero attached hydrogens (tertiary/aromatic N) is 3. The Morgan fingerprint density at radius 2 is 2.07 bits per heavy atom. The molecule has 0 saturated heterocycles. The van der Waals surface area contributed by atoms with Crippen LogP contribution in [0.2, 0.25) is 0 Å². The number of aromatic nitrogens is 3. The molecule has 1 aliphatic rings. The summed E-state index contributed by atoms with van der Waals surface area (Å²) in [5, 5.41) is 4.87. The van der Waals surface area contributed by atoms with E-state index in [1.165, 1.54) is 16.4 Å². The molecule has 0 N–H and O–H groups in total. The average molecular weight is 217 g/mol. The maximum Gasteiger partial charge on any atom is 0.259 e. The van der Waals surface area contributed by atoms with E-state index in [2.05, 4.69) is 10.1 Å². The lowest BCUT2D eigenvalue weighted by Crippen LogP contribution is -2.08. The minimum atomic E-state index is 0.00433. The predicted octanol–water partition coefficient (Wildman–Crippen LogP) is 1.69. The number of benzene rings is 1. The Kier molecular flexibility index (Phi) is 1.85. The molecule has 0 radical (unpaired) electrons. The summed E-state index contributed by atoms with van der Waals surface area (Å²) in [6, 6.07) is 9.65. The number of hydrogen-bond donors (Lipinski definition) is 0. The first-order chi connectivity index (χ1) is 7.34. The Morgan fingerprint density at radius 3 is 2.80 bits per heavy atom. The van der Waals surface area contributed by atoms with Crippen molar-refractivity contribution < 1.29 is 4.79 Å². The SMILES string of the molecule is O=C1CSc2nc(-c3ccccc3)nn21. The molecular weight excluding hydrogens is 210 g/mol. The smallest absolute Gasteiger partial charge is 0.259 e. The molecular formula is C10H7N3OS. The largest absolute Gasteiger partial charge is 0.271 e. The van der Waals surface area contributed by atoms with Crippen molar-refractivity contribution >= 4 is 17.7 Å². The Labute approximate surface area is 90.3 Å². The maximum atomic E-state index is 11.3. The summed E-state index contributed by atoms with van der Waals surface area (Å²) in [5.41, 5.74) is 0.938. The quantitative estimate of drug-likeness (QED) is 0.729. The maximum absolute atomic E-state index is 11.3. The van der Waals surface area contributed by atoms with Crippen LogP contribution in [-0.2, 0) is 0 Å². The molecule has 0 amide bonds. The number of rotatable bonds is 1.